The Kier molecular flexibility index (Phi) is 9.43. The van der Waals surface area contributed by atoms with Gasteiger partial charge in [-0.3, -0.25) is 9.69 Å². The topological polar surface area (TPSA) is 42.0 Å². The van der Waals surface area contributed by atoms with Gasteiger partial charge in [0, 0.05) is 51.4 Å². The first-order chi connectivity index (χ1) is 12.1. The summed E-state index contributed by atoms with van der Waals surface area (Å²) in [5.74, 6) is 1.20. The van der Waals surface area contributed by atoms with Crippen molar-refractivity contribution in [2.45, 2.75) is 13.5 Å². The third-order valence-electron chi connectivity index (χ3n) is 4.38. The minimum Gasteiger partial charge on any atom is -0.497 e. The van der Waals surface area contributed by atoms with Gasteiger partial charge in [0.15, 0.2) is 0 Å². The van der Waals surface area contributed by atoms with Crippen molar-refractivity contribution in [2.24, 2.45) is 0 Å². The van der Waals surface area contributed by atoms with Gasteiger partial charge in [0.2, 0.25) is 0 Å². The van der Waals surface area contributed by atoms with Gasteiger partial charge in [-0.25, -0.2) is 0 Å². The summed E-state index contributed by atoms with van der Waals surface area (Å²) in [5.41, 5.74) is 2.44. The molecule has 1 heterocycles. The smallest absolute Gasteiger partial charge is 0.308 e. The van der Waals surface area contributed by atoms with E-state index in [1.165, 1.54) is 18.2 Å². The molecule has 1 aliphatic rings. The number of piperazine rings is 1. The first kappa shape index (κ1) is 23.1. The van der Waals surface area contributed by atoms with Crippen LogP contribution >= 0.6 is 24.8 Å². The van der Waals surface area contributed by atoms with Crippen LogP contribution in [0, 0.1) is 0 Å². The number of hydrogen-bond acceptors (Lipinski definition) is 5. The minimum absolute atomic E-state index is 0. The van der Waals surface area contributed by atoms with Crippen LogP contribution < -0.4 is 14.4 Å². The molecular formula is C20H26Cl2N2O3. The number of methoxy groups -OCH3 is 1. The van der Waals surface area contributed by atoms with E-state index in [1.54, 1.807) is 7.11 Å². The summed E-state index contributed by atoms with van der Waals surface area (Å²) < 4.78 is 10.4. The largest absolute Gasteiger partial charge is 0.497 e. The van der Waals surface area contributed by atoms with E-state index in [4.69, 9.17) is 9.47 Å². The molecule has 1 aliphatic heterocycles. The van der Waals surface area contributed by atoms with Crippen molar-refractivity contribution in [3.05, 3.63) is 54.1 Å². The lowest BCUT2D eigenvalue weighted by molar-refractivity contribution is -0.131. The Hall–Kier alpha value is -1.95. The van der Waals surface area contributed by atoms with Crippen LogP contribution in [0.15, 0.2) is 48.5 Å². The van der Waals surface area contributed by atoms with E-state index in [1.807, 2.05) is 36.4 Å². The summed E-state index contributed by atoms with van der Waals surface area (Å²) in [7, 11) is 1.70. The Morgan fingerprint density at radius 3 is 2.22 bits per heavy atom. The predicted molar refractivity (Wildman–Crippen MR) is 113 cm³/mol. The quantitative estimate of drug-likeness (QED) is 0.551. The maximum atomic E-state index is 11.0. The van der Waals surface area contributed by atoms with E-state index in [0.717, 1.165) is 38.5 Å². The molecule has 1 saturated heterocycles. The second kappa shape index (κ2) is 11.0. The highest BCUT2D eigenvalue weighted by atomic mass is 35.5. The van der Waals surface area contributed by atoms with Gasteiger partial charge in [-0.15, -0.1) is 24.8 Å². The molecule has 5 nitrogen and oxygen atoms in total. The second-order valence-electron chi connectivity index (χ2n) is 6.20. The van der Waals surface area contributed by atoms with Gasteiger partial charge in [0.25, 0.3) is 0 Å². The molecule has 0 aromatic heterocycles. The molecule has 7 heteroatoms. The number of anilines is 1. The van der Waals surface area contributed by atoms with Crippen LogP contribution in [0.1, 0.15) is 12.5 Å². The number of ether oxygens (including phenoxy) is 2. The summed E-state index contributed by atoms with van der Waals surface area (Å²) in [4.78, 5) is 15.8. The van der Waals surface area contributed by atoms with Gasteiger partial charge < -0.3 is 14.4 Å². The first-order valence-electron chi connectivity index (χ1n) is 8.53. The van der Waals surface area contributed by atoms with Crippen LogP contribution in [-0.2, 0) is 11.3 Å². The first-order valence-corrected chi connectivity index (χ1v) is 8.53. The molecular weight excluding hydrogens is 387 g/mol. The van der Waals surface area contributed by atoms with E-state index in [9.17, 15) is 4.79 Å². The zero-order valence-corrected chi connectivity index (χ0v) is 17.2. The third-order valence-corrected chi connectivity index (χ3v) is 4.38. The fourth-order valence-corrected chi connectivity index (χ4v) is 3.06. The molecule has 0 spiro atoms. The van der Waals surface area contributed by atoms with E-state index in [0.29, 0.717) is 5.75 Å². The molecule has 0 aliphatic carbocycles. The van der Waals surface area contributed by atoms with Crippen molar-refractivity contribution in [3.8, 4) is 11.5 Å². The fourth-order valence-electron chi connectivity index (χ4n) is 3.06. The van der Waals surface area contributed by atoms with Gasteiger partial charge in [-0.05, 0) is 29.8 Å². The molecule has 3 rings (SSSR count). The maximum absolute atomic E-state index is 11.0. The molecule has 0 radical (unpaired) electrons. The zero-order valence-electron chi connectivity index (χ0n) is 15.6. The monoisotopic (exact) mass is 412 g/mol. The standard InChI is InChI=1S/C20H24N2O3.2ClH/c1-16(23)25-19-8-6-17(7-9-19)15-21-10-12-22(13-11-21)18-4-3-5-20(14-18)24-2;;/h3-9,14H,10-13,15H2,1-2H3;2*1H. The summed E-state index contributed by atoms with van der Waals surface area (Å²) >= 11 is 0. The molecule has 0 N–H and O–H groups in total. The van der Waals surface area contributed by atoms with E-state index in [-0.39, 0.29) is 30.8 Å². The van der Waals surface area contributed by atoms with Crippen molar-refractivity contribution in [2.75, 3.05) is 38.2 Å². The molecule has 0 unspecified atom stereocenters. The second-order valence-corrected chi connectivity index (χ2v) is 6.20. The Morgan fingerprint density at radius 2 is 1.63 bits per heavy atom. The van der Waals surface area contributed by atoms with Crippen LogP contribution in [0.3, 0.4) is 0 Å². The minimum atomic E-state index is -0.290. The average Bonchev–Trinajstić information content (AvgIpc) is 2.63. The summed E-state index contributed by atoms with van der Waals surface area (Å²) in [6.07, 6.45) is 0. The number of hydrogen-bond donors (Lipinski definition) is 0. The number of benzene rings is 2. The van der Waals surface area contributed by atoms with E-state index in [2.05, 4.69) is 21.9 Å². The molecule has 0 amide bonds. The van der Waals surface area contributed by atoms with Crippen LogP contribution in [0.4, 0.5) is 5.69 Å². The number of esters is 1. The van der Waals surface area contributed by atoms with Crippen molar-refractivity contribution >= 4 is 36.5 Å². The third kappa shape index (κ3) is 6.61. The summed E-state index contributed by atoms with van der Waals surface area (Å²) in [6.45, 7) is 6.35. The average molecular weight is 413 g/mol. The van der Waals surface area contributed by atoms with Crippen molar-refractivity contribution in [1.82, 2.24) is 4.90 Å². The maximum Gasteiger partial charge on any atom is 0.308 e. The van der Waals surface area contributed by atoms with Gasteiger partial charge in [0.1, 0.15) is 11.5 Å². The summed E-state index contributed by atoms with van der Waals surface area (Å²) in [6, 6.07) is 16.0. The molecule has 0 atom stereocenters. The highest BCUT2D eigenvalue weighted by molar-refractivity contribution is 5.85. The van der Waals surface area contributed by atoms with Crippen molar-refractivity contribution in [3.63, 3.8) is 0 Å². The van der Waals surface area contributed by atoms with Crippen LogP contribution in [0.25, 0.3) is 0 Å². The zero-order chi connectivity index (χ0) is 17.6. The van der Waals surface area contributed by atoms with Crippen LogP contribution in [0.5, 0.6) is 11.5 Å². The number of nitrogens with zero attached hydrogens (tertiary/aromatic N) is 2. The van der Waals surface area contributed by atoms with Gasteiger partial charge >= 0.3 is 5.97 Å². The van der Waals surface area contributed by atoms with E-state index < -0.39 is 0 Å². The van der Waals surface area contributed by atoms with E-state index >= 15 is 0 Å². The fraction of sp³-hybridized carbons (Fsp3) is 0.350. The normalized spacial score (nSPS) is 13.9. The molecule has 2 aromatic carbocycles. The summed E-state index contributed by atoms with van der Waals surface area (Å²) in [5, 5.41) is 0. The molecule has 27 heavy (non-hydrogen) atoms. The number of carbonyl (C=O) groups excluding carboxylic acids is 1. The lowest BCUT2D eigenvalue weighted by Crippen LogP contribution is -2.45. The lowest BCUT2D eigenvalue weighted by Gasteiger charge is -2.36. The molecule has 148 valence electrons. The van der Waals surface area contributed by atoms with Crippen molar-refractivity contribution < 1.29 is 14.3 Å². The Labute approximate surface area is 173 Å². The molecule has 2 aromatic rings. The predicted octanol–water partition coefficient (Wildman–Crippen LogP) is 3.79. The van der Waals surface area contributed by atoms with Crippen molar-refractivity contribution in [1.29, 1.82) is 0 Å². The lowest BCUT2D eigenvalue weighted by atomic mass is 10.2. The Morgan fingerprint density at radius 1 is 0.963 bits per heavy atom. The molecule has 0 bridgehead atoms. The van der Waals surface area contributed by atoms with Gasteiger partial charge in [-0.1, -0.05) is 18.2 Å². The molecule has 1 fully saturated rings. The van der Waals surface area contributed by atoms with Crippen LogP contribution in [-0.4, -0.2) is 44.2 Å². The highest BCUT2D eigenvalue weighted by Gasteiger charge is 2.17. The Balaban J connectivity index is 0.00000182. The molecule has 0 saturated carbocycles. The highest BCUT2D eigenvalue weighted by Crippen LogP contribution is 2.22. The van der Waals surface area contributed by atoms with Gasteiger partial charge in [0.05, 0.1) is 7.11 Å². The Bertz CT molecular complexity index is 717. The van der Waals surface area contributed by atoms with Gasteiger partial charge in [-0.2, -0.15) is 0 Å². The number of rotatable bonds is 5. The number of carbonyl (C=O) groups is 1. The van der Waals surface area contributed by atoms with Crippen LogP contribution in [0.2, 0.25) is 0 Å². The SMILES string of the molecule is COc1cccc(N2CCN(Cc3ccc(OC(C)=O)cc3)CC2)c1.Cl.Cl. The number of halogens is 2.